The molecule has 39 heavy (non-hydrogen) atoms. The lowest BCUT2D eigenvalue weighted by Gasteiger charge is -2.42. The lowest BCUT2D eigenvalue weighted by atomic mass is 9.96. The fourth-order valence-electron chi connectivity index (χ4n) is 5.56. The molecule has 8 nitrogen and oxygen atoms in total. The van der Waals surface area contributed by atoms with Crippen LogP contribution in [0.25, 0.3) is 4.96 Å². The fraction of sp³-hybridized carbons (Fsp3) is 0.267. The largest absolute Gasteiger partial charge is 0.493 e. The summed E-state index contributed by atoms with van der Waals surface area (Å²) in [6.07, 6.45) is 1.47. The van der Waals surface area contributed by atoms with Gasteiger partial charge < -0.3 is 14.6 Å². The highest BCUT2D eigenvalue weighted by atomic mass is 32.1. The molecule has 0 saturated carbocycles. The summed E-state index contributed by atoms with van der Waals surface area (Å²) in [6, 6.07) is 27.4. The second-order valence-corrected chi connectivity index (χ2v) is 10.6. The molecule has 0 amide bonds. The highest BCUT2D eigenvalue weighted by molar-refractivity contribution is 7.17. The van der Waals surface area contributed by atoms with Gasteiger partial charge in [-0.05, 0) is 28.8 Å². The van der Waals surface area contributed by atoms with Crippen molar-refractivity contribution in [3.63, 3.8) is 0 Å². The van der Waals surface area contributed by atoms with Crippen LogP contribution in [0, 0.1) is 0 Å². The highest BCUT2D eigenvalue weighted by Crippen LogP contribution is 2.42. The minimum atomic E-state index is -0.188. The molecule has 0 aliphatic carbocycles. The van der Waals surface area contributed by atoms with Gasteiger partial charge in [0.2, 0.25) is 10.8 Å². The molecule has 1 aliphatic rings. The maximum absolute atomic E-state index is 11.2. The van der Waals surface area contributed by atoms with Gasteiger partial charge in [0, 0.05) is 26.2 Å². The summed E-state index contributed by atoms with van der Waals surface area (Å²) in [6.45, 7) is 3.39. The third-order valence-corrected chi connectivity index (χ3v) is 8.51. The van der Waals surface area contributed by atoms with Crippen molar-refractivity contribution >= 4 is 16.3 Å². The van der Waals surface area contributed by atoms with E-state index >= 15 is 0 Å². The lowest BCUT2D eigenvalue weighted by molar-refractivity contribution is 0.0898. The van der Waals surface area contributed by atoms with Crippen LogP contribution in [0.1, 0.15) is 33.7 Å². The van der Waals surface area contributed by atoms with Gasteiger partial charge in [-0.15, -0.1) is 0 Å². The van der Waals surface area contributed by atoms with E-state index in [4.69, 9.17) is 9.47 Å². The van der Waals surface area contributed by atoms with Crippen LogP contribution < -0.4 is 9.47 Å². The van der Waals surface area contributed by atoms with Crippen LogP contribution in [0.2, 0.25) is 0 Å². The number of aromatic nitrogens is 3. The Bertz CT molecular complexity index is 1490. The highest BCUT2D eigenvalue weighted by Gasteiger charge is 2.34. The SMILES string of the molecule is COc1ccc(C(c2sc3ncnn3c2O)N2CCN(C(c3ccccc3)c3ccccc3)CC2)cc1OC. The smallest absolute Gasteiger partial charge is 0.230 e. The van der Waals surface area contributed by atoms with Crippen LogP contribution in [0.5, 0.6) is 17.4 Å². The number of methoxy groups -OCH3 is 2. The van der Waals surface area contributed by atoms with E-state index in [-0.39, 0.29) is 18.0 Å². The van der Waals surface area contributed by atoms with Crippen molar-refractivity contribution in [3.8, 4) is 17.4 Å². The number of aromatic hydroxyl groups is 1. The van der Waals surface area contributed by atoms with E-state index in [1.165, 1.54) is 33.3 Å². The predicted molar refractivity (Wildman–Crippen MR) is 152 cm³/mol. The molecule has 1 fully saturated rings. The normalized spacial score (nSPS) is 15.6. The Morgan fingerprint density at radius 2 is 1.33 bits per heavy atom. The second-order valence-electron chi connectivity index (χ2n) is 9.56. The fourth-order valence-corrected chi connectivity index (χ4v) is 6.65. The Morgan fingerprint density at radius 1 is 0.744 bits per heavy atom. The zero-order valence-electron chi connectivity index (χ0n) is 22.0. The summed E-state index contributed by atoms with van der Waals surface area (Å²) in [5, 5.41) is 15.4. The average molecular weight is 542 g/mol. The number of thiazole rings is 1. The number of ether oxygens (including phenoxy) is 2. The van der Waals surface area contributed by atoms with Crippen LogP contribution >= 0.6 is 11.3 Å². The summed E-state index contributed by atoms with van der Waals surface area (Å²) < 4.78 is 12.6. The molecule has 1 saturated heterocycles. The van der Waals surface area contributed by atoms with Crippen molar-refractivity contribution in [1.82, 2.24) is 24.4 Å². The Kier molecular flexibility index (Phi) is 7.19. The molecular formula is C30H31N5O3S. The van der Waals surface area contributed by atoms with Gasteiger partial charge in [-0.3, -0.25) is 9.80 Å². The minimum absolute atomic E-state index is 0.126. The molecule has 1 atom stereocenters. The monoisotopic (exact) mass is 541 g/mol. The number of rotatable bonds is 8. The molecule has 1 unspecified atom stereocenters. The average Bonchev–Trinajstić information content (AvgIpc) is 3.58. The van der Waals surface area contributed by atoms with Crippen LogP contribution in [-0.2, 0) is 0 Å². The Hall–Kier alpha value is -3.92. The summed E-state index contributed by atoms with van der Waals surface area (Å²) in [5.74, 6) is 1.46. The van der Waals surface area contributed by atoms with Gasteiger partial charge in [0.05, 0.1) is 31.2 Å². The molecule has 200 valence electrons. The maximum Gasteiger partial charge on any atom is 0.230 e. The van der Waals surface area contributed by atoms with Gasteiger partial charge in [0.1, 0.15) is 6.33 Å². The molecule has 3 heterocycles. The van der Waals surface area contributed by atoms with Crippen molar-refractivity contribution in [2.24, 2.45) is 0 Å². The zero-order chi connectivity index (χ0) is 26.8. The standard InChI is InChI=1S/C30H31N5O3S/c1-37-24-14-13-23(19-25(24)38-2)27(28-29(36)35-30(39-28)31-20-32-35)34-17-15-33(16-18-34)26(21-9-5-3-6-10-21)22-11-7-4-8-12-22/h3-14,19-20,26-27,36H,15-18H2,1-2H3. The molecule has 1 N–H and O–H groups in total. The van der Waals surface area contributed by atoms with E-state index in [0.29, 0.717) is 16.5 Å². The molecule has 2 aromatic heterocycles. The van der Waals surface area contributed by atoms with Gasteiger partial charge in [0.25, 0.3) is 0 Å². The van der Waals surface area contributed by atoms with E-state index in [0.717, 1.165) is 36.6 Å². The summed E-state index contributed by atoms with van der Waals surface area (Å²) >= 11 is 1.46. The van der Waals surface area contributed by atoms with E-state index in [1.54, 1.807) is 14.2 Å². The van der Waals surface area contributed by atoms with Crippen LogP contribution in [0.4, 0.5) is 0 Å². The van der Waals surface area contributed by atoms with Gasteiger partial charge in [-0.1, -0.05) is 78.1 Å². The first-order valence-electron chi connectivity index (χ1n) is 13.0. The number of benzene rings is 3. The van der Waals surface area contributed by atoms with E-state index in [9.17, 15) is 5.11 Å². The Balaban J connectivity index is 1.34. The van der Waals surface area contributed by atoms with Crippen molar-refractivity contribution < 1.29 is 14.6 Å². The van der Waals surface area contributed by atoms with Crippen molar-refractivity contribution in [2.75, 3.05) is 40.4 Å². The lowest BCUT2D eigenvalue weighted by Crippen LogP contribution is -2.49. The van der Waals surface area contributed by atoms with Gasteiger partial charge >= 0.3 is 0 Å². The number of nitrogens with zero attached hydrogens (tertiary/aromatic N) is 5. The minimum Gasteiger partial charge on any atom is -0.493 e. The number of hydrogen-bond acceptors (Lipinski definition) is 8. The molecule has 5 aromatic rings. The van der Waals surface area contributed by atoms with Crippen LogP contribution in [-0.4, -0.2) is 69.9 Å². The van der Waals surface area contributed by atoms with Gasteiger partial charge in [-0.2, -0.15) is 9.61 Å². The first kappa shape index (κ1) is 25.4. The van der Waals surface area contributed by atoms with Crippen molar-refractivity contribution in [1.29, 1.82) is 0 Å². The molecule has 1 aliphatic heterocycles. The summed E-state index contributed by atoms with van der Waals surface area (Å²) in [5.41, 5.74) is 3.59. The van der Waals surface area contributed by atoms with Crippen molar-refractivity contribution in [2.45, 2.75) is 12.1 Å². The zero-order valence-corrected chi connectivity index (χ0v) is 22.8. The quantitative estimate of drug-likeness (QED) is 0.296. The third kappa shape index (κ3) is 4.85. The predicted octanol–water partition coefficient (Wildman–Crippen LogP) is 5.01. The van der Waals surface area contributed by atoms with Crippen molar-refractivity contribution in [3.05, 3.63) is 107 Å². The second kappa shape index (κ2) is 11.1. The van der Waals surface area contributed by atoms with E-state index < -0.39 is 0 Å². The number of hydrogen-bond donors (Lipinski definition) is 1. The van der Waals surface area contributed by atoms with E-state index in [2.05, 4.69) is 80.5 Å². The molecule has 9 heteroatoms. The molecular weight excluding hydrogens is 510 g/mol. The summed E-state index contributed by atoms with van der Waals surface area (Å²) in [7, 11) is 3.28. The molecule has 0 spiro atoms. The first-order valence-corrected chi connectivity index (χ1v) is 13.8. The van der Waals surface area contributed by atoms with E-state index in [1.807, 2.05) is 18.2 Å². The number of fused-ring (bicyclic) bond motifs is 1. The van der Waals surface area contributed by atoms with Crippen LogP contribution in [0.15, 0.2) is 85.2 Å². The summed E-state index contributed by atoms with van der Waals surface area (Å²) in [4.78, 5) is 10.8. The maximum atomic E-state index is 11.2. The van der Waals surface area contributed by atoms with Crippen LogP contribution in [0.3, 0.4) is 0 Å². The molecule has 3 aromatic carbocycles. The van der Waals surface area contributed by atoms with Gasteiger partial charge in [-0.25, -0.2) is 4.98 Å². The molecule has 6 rings (SSSR count). The Morgan fingerprint density at radius 3 is 1.90 bits per heavy atom. The molecule has 0 radical (unpaired) electrons. The van der Waals surface area contributed by atoms with Gasteiger partial charge in [0.15, 0.2) is 11.5 Å². The Labute approximate surface area is 231 Å². The molecule has 0 bridgehead atoms. The topological polar surface area (TPSA) is 75.4 Å². The first-order chi connectivity index (χ1) is 19.2. The third-order valence-electron chi connectivity index (χ3n) is 7.42. The number of piperazine rings is 1.